The van der Waals surface area contributed by atoms with Crippen molar-refractivity contribution in [1.82, 2.24) is 15.6 Å². The zero-order valence-corrected chi connectivity index (χ0v) is 19.8. The molecule has 4 rings (SSSR count). The standard InChI is InChI=1S/C25H21Cl2N3O4/c1-28-25(33)30-20(31)13-34-24(32)21-16-8-2-3-11-19(16)29-23-15(7-4-9-17(21)23)12-14-6-5-10-18(26)22(14)27/h2-3,5-6,8,10-12H,4,7,9,13H2,1H3,(H2,28,30,31,33). The third-order valence-electron chi connectivity index (χ3n) is 5.50. The van der Waals surface area contributed by atoms with Crippen LogP contribution in [0.4, 0.5) is 4.79 Å². The van der Waals surface area contributed by atoms with Crippen LogP contribution in [-0.4, -0.2) is 36.5 Å². The molecule has 0 bridgehead atoms. The molecule has 34 heavy (non-hydrogen) atoms. The summed E-state index contributed by atoms with van der Waals surface area (Å²) in [6.45, 7) is -0.585. The number of carbonyl (C=O) groups is 3. The summed E-state index contributed by atoms with van der Waals surface area (Å²) in [4.78, 5) is 41.3. The molecule has 0 fully saturated rings. The van der Waals surface area contributed by atoms with Gasteiger partial charge in [0.15, 0.2) is 6.61 Å². The highest BCUT2D eigenvalue weighted by molar-refractivity contribution is 6.43. The maximum absolute atomic E-state index is 13.2. The van der Waals surface area contributed by atoms with Crippen LogP contribution in [0.5, 0.6) is 0 Å². The molecule has 7 nitrogen and oxygen atoms in total. The number of urea groups is 1. The second kappa shape index (κ2) is 10.2. The van der Waals surface area contributed by atoms with Crippen LogP contribution in [0, 0.1) is 0 Å². The summed E-state index contributed by atoms with van der Waals surface area (Å²) in [5, 5.41) is 5.88. The smallest absolute Gasteiger partial charge is 0.339 e. The van der Waals surface area contributed by atoms with Crippen molar-refractivity contribution < 1.29 is 19.1 Å². The topological polar surface area (TPSA) is 97.4 Å². The van der Waals surface area contributed by atoms with E-state index in [9.17, 15) is 14.4 Å². The lowest BCUT2D eigenvalue weighted by atomic mass is 9.86. The van der Waals surface area contributed by atoms with Gasteiger partial charge in [-0.25, -0.2) is 14.6 Å². The van der Waals surface area contributed by atoms with Crippen molar-refractivity contribution in [2.24, 2.45) is 0 Å². The minimum atomic E-state index is -0.726. The van der Waals surface area contributed by atoms with Crippen LogP contribution < -0.4 is 10.6 Å². The van der Waals surface area contributed by atoms with Crippen LogP contribution >= 0.6 is 23.2 Å². The molecule has 0 atom stereocenters. The van der Waals surface area contributed by atoms with E-state index in [1.807, 2.05) is 36.4 Å². The Labute approximate surface area is 206 Å². The van der Waals surface area contributed by atoms with Gasteiger partial charge in [0.25, 0.3) is 5.91 Å². The van der Waals surface area contributed by atoms with E-state index in [2.05, 4.69) is 10.6 Å². The van der Waals surface area contributed by atoms with Crippen LogP contribution in [0.2, 0.25) is 10.0 Å². The molecule has 0 unspecified atom stereocenters. The highest BCUT2D eigenvalue weighted by Crippen LogP contribution is 2.38. The first-order chi connectivity index (χ1) is 16.4. The number of halogens is 2. The molecule has 1 aliphatic carbocycles. The average molecular weight is 498 g/mol. The summed E-state index contributed by atoms with van der Waals surface area (Å²) in [7, 11) is 1.38. The molecule has 2 N–H and O–H groups in total. The highest BCUT2D eigenvalue weighted by Gasteiger charge is 2.26. The van der Waals surface area contributed by atoms with Crippen LogP contribution in [-0.2, 0) is 16.0 Å². The number of amides is 3. The van der Waals surface area contributed by atoms with Crippen molar-refractivity contribution in [3.05, 3.63) is 74.9 Å². The molecule has 0 radical (unpaired) electrons. The minimum absolute atomic E-state index is 0.371. The summed E-state index contributed by atoms with van der Waals surface area (Å²) in [5.74, 6) is -1.37. The van der Waals surface area contributed by atoms with E-state index in [0.717, 1.165) is 29.5 Å². The average Bonchev–Trinajstić information content (AvgIpc) is 2.84. The van der Waals surface area contributed by atoms with Gasteiger partial charge >= 0.3 is 12.0 Å². The van der Waals surface area contributed by atoms with Gasteiger partial charge in [-0.15, -0.1) is 0 Å². The molecule has 0 saturated heterocycles. The number of benzene rings is 2. The number of nitrogens with one attached hydrogen (secondary N) is 2. The number of rotatable bonds is 4. The van der Waals surface area contributed by atoms with Crippen molar-refractivity contribution in [1.29, 1.82) is 0 Å². The number of para-hydroxylation sites is 1. The highest BCUT2D eigenvalue weighted by atomic mass is 35.5. The largest absolute Gasteiger partial charge is 0.452 e. The van der Waals surface area contributed by atoms with Gasteiger partial charge in [0.05, 0.1) is 26.8 Å². The first-order valence-corrected chi connectivity index (χ1v) is 11.4. The molecule has 3 amide bonds. The zero-order chi connectivity index (χ0) is 24.2. The third kappa shape index (κ3) is 4.90. The van der Waals surface area contributed by atoms with Gasteiger partial charge < -0.3 is 10.1 Å². The van der Waals surface area contributed by atoms with Crippen LogP contribution in [0.3, 0.4) is 0 Å². The molecule has 9 heteroatoms. The summed E-state index contributed by atoms with van der Waals surface area (Å²) in [6, 6.07) is 12.0. The molecule has 0 spiro atoms. The fourth-order valence-electron chi connectivity index (χ4n) is 3.96. The Morgan fingerprint density at radius 2 is 1.88 bits per heavy atom. The number of carbonyl (C=O) groups excluding carboxylic acids is 3. The number of hydrogen-bond acceptors (Lipinski definition) is 5. The Bertz CT molecular complexity index is 1340. The van der Waals surface area contributed by atoms with Crippen molar-refractivity contribution in [2.75, 3.05) is 13.7 Å². The van der Waals surface area contributed by atoms with Gasteiger partial charge in [-0.3, -0.25) is 10.1 Å². The predicted molar refractivity (Wildman–Crippen MR) is 132 cm³/mol. The maximum Gasteiger partial charge on any atom is 0.339 e. The molecular formula is C25H21Cl2N3O4. The predicted octanol–water partition coefficient (Wildman–Crippen LogP) is 5.03. The second-order valence-electron chi connectivity index (χ2n) is 7.70. The van der Waals surface area contributed by atoms with Crippen molar-refractivity contribution in [3.63, 3.8) is 0 Å². The maximum atomic E-state index is 13.2. The number of ether oxygens (including phenoxy) is 1. The lowest BCUT2D eigenvalue weighted by Gasteiger charge is -2.22. The molecule has 2 aromatic carbocycles. The summed E-state index contributed by atoms with van der Waals surface area (Å²) < 4.78 is 5.28. The van der Waals surface area contributed by atoms with Gasteiger partial charge in [0.1, 0.15) is 0 Å². The third-order valence-corrected chi connectivity index (χ3v) is 6.33. The summed E-state index contributed by atoms with van der Waals surface area (Å²) in [5.41, 5.74) is 4.16. The van der Waals surface area contributed by atoms with E-state index in [4.69, 9.17) is 32.9 Å². The summed E-state index contributed by atoms with van der Waals surface area (Å²) in [6.07, 6.45) is 4.13. The van der Waals surface area contributed by atoms with E-state index >= 15 is 0 Å². The monoisotopic (exact) mass is 497 g/mol. The number of nitrogens with zero attached hydrogens (tertiary/aromatic N) is 1. The zero-order valence-electron chi connectivity index (χ0n) is 18.3. The van der Waals surface area contributed by atoms with E-state index in [-0.39, 0.29) is 0 Å². The van der Waals surface area contributed by atoms with E-state index in [0.29, 0.717) is 38.6 Å². The van der Waals surface area contributed by atoms with Crippen LogP contribution in [0.1, 0.15) is 40.0 Å². The fraction of sp³-hybridized carbons (Fsp3) is 0.200. The lowest BCUT2D eigenvalue weighted by Crippen LogP contribution is -2.39. The number of aromatic nitrogens is 1. The Morgan fingerprint density at radius 1 is 1.09 bits per heavy atom. The number of fused-ring (bicyclic) bond motifs is 2. The van der Waals surface area contributed by atoms with E-state index in [1.54, 1.807) is 12.1 Å². The number of imide groups is 1. The second-order valence-corrected chi connectivity index (χ2v) is 8.49. The first kappa shape index (κ1) is 23.7. The van der Waals surface area contributed by atoms with Crippen molar-refractivity contribution in [3.8, 4) is 0 Å². The van der Waals surface area contributed by atoms with Gasteiger partial charge in [-0.1, -0.05) is 53.5 Å². The Balaban J connectivity index is 1.76. The molecule has 174 valence electrons. The molecule has 1 aliphatic rings. The number of allylic oxidation sites excluding steroid dienone is 1. The number of esters is 1. The van der Waals surface area contributed by atoms with Gasteiger partial charge in [-0.2, -0.15) is 0 Å². The van der Waals surface area contributed by atoms with E-state index in [1.165, 1.54) is 7.05 Å². The molecule has 1 heterocycles. The SMILES string of the molecule is CNC(=O)NC(=O)COC(=O)c1c2c(nc3ccccc13)C(=Cc1cccc(Cl)c1Cl)CCC2. The molecule has 0 aliphatic heterocycles. The van der Waals surface area contributed by atoms with Crippen molar-refractivity contribution in [2.45, 2.75) is 19.3 Å². The normalized spacial score (nSPS) is 13.9. The fourth-order valence-corrected chi connectivity index (χ4v) is 4.32. The van der Waals surface area contributed by atoms with Gasteiger partial charge in [-0.05, 0) is 54.2 Å². The van der Waals surface area contributed by atoms with Crippen LogP contribution in [0.25, 0.3) is 22.6 Å². The Kier molecular flexibility index (Phi) is 7.14. The summed E-state index contributed by atoms with van der Waals surface area (Å²) >= 11 is 12.6. The quantitative estimate of drug-likeness (QED) is 0.492. The lowest BCUT2D eigenvalue weighted by molar-refractivity contribution is -0.123. The molecular weight excluding hydrogens is 477 g/mol. The minimum Gasteiger partial charge on any atom is -0.452 e. The molecule has 1 aromatic heterocycles. The Hall–Kier alpha value is -3.42. The van der Waals surface area contributed by atoms with Crippen LogP contribution in [0.15, 0.2) is 42.5 Å². The Morgan fingerprint density at radius 3 is 2.68 bits per heavy atom. The number of pyridine rings is 1. The van der Waals surface area contributed by atoms with Crippen molar-refractivity contribution >= 4 is 63.7 Å². The van der Waals surface area contributed by atoms with Gasteiger partial charge in [0, 0.05) is 12.4 Å². The molecule has 3 aromatic rings. The van der Waals surface area contributed by atoms with E-state index < -0.39 is 24.5 Å². The number of hydrogen-bond donors (Lipinski definition) is 2. The first-order valence-electron chi connectivity index (χ1n) is 10.6. The van der Waals surface area contributed by atoms with Gasteiger partial charge in [0.2, 0.25) is 0 Å². The molecule has 0 saturated carbocycles.